The zero-order valence-corrected chi connectivity index (χ0v) is 30.2. The fourth-order valence-electron chi connectivity index (χ4n) is 4.47. The van der Waals surface area contributed by atoms with Crippen LogP contribution in [0.4, 0.5) is 0 Å². The molecule has 0 unspecified atom stereocenters. The number of methoxy groups -OCH3 is 1. The van der Waals surface area contributed by atoms with E-state index in [-0.39, 0.29) is 34.7 Å². The van der Waals surface area contributed by atoms with Crippen LogP contribution in [-0.4, -0.2) is 85.6 Å². The highest BCUT2D eigenvalue weighted by Crippen LogP contribution is 2.45. The van der Waals surface area contributed by atoms with Gasteiger partial charge in [0.25, 0.3) is 0 Å². The Bertz CT molecular complexity index is 854. The van der Waals surface area contributed by atoms with Crippen molar-refractivity contribution < 1.29 is 33.0 Å². The summed E-state index contributed by atoms with van der Waals surface area (Å²) < 4.78 is 32.6. The number of esters is 1. The first-order chi connectivity index (χ1) is 17.5. The number of hydrogen-bond donors (Lipinski definition) is 1. The van der Waals surface area contributed by atoms with Gasteiger partial charge in [-0.05, 0) is 49.1 Å². The van der Waals surface area contributed by atoms with E-state index >= 15 is 0 Å². The van der Waals surface area contributed by atoms with Crippen LogP contribution in [-0.2, 0) is 27.9 Å². The Kier molecular flexibility index (Phi) is 11.2. The highest BCUT2D eigenvalue weighted by Gasteiger charge is 2.56. The predicted octanol–water partition coefficient (Wildman–Crippen LogP) is 6.44. The first kappa shape index (κ1) is 34.9. The largest absolute Gasteiger partial charge is 0.469 e. The van der Waals surface area contributed by atoms with Crippen molar-refractivity contribution in [2.75, 3.05) is 7.11 Å². The van der Waals surface area contributed by atoms with Gasteiger partial charge in [0.15, 0.2) is 16.6 Å². The highest BCUT2D eigenvalue weighted by atomic mass is 28.4. The van der Waals surface area contributed by atoms with Crippen molar-refractivity contribution in [3.63, 3.8) is 0 Å². The molecule has 2 heterocycles. The predicted molar refractivity (Wildman–Crippen MR) is 166 cm³/mol. The van der Waals surface area contributed by atoms with Gasteiger partial charge in [0.2, 0.25) is 0 Å². The third-order valence-corrected chi connectivity index (χ3v) is 19.2. The molecule has 0 spiro atoms. The van der Waals surface area contributed by atoms with Crippen LogP contribution in [0.3, 0.4) is 0 Å². The van der Waals surface area contributed by atoms with Crippen molar-refractivity contribution in [2.45, 2.75) is 159 Å². The molecular weight excluding hydrogens is 545 g/mol. The van der Waals surface area contributed by atoms with Crippen LogP contribution in [0, 0.1) is 0 Å². The molecule has 0 aromatic rings. The average molecular weight is 603 g/mol. The van der Waals surface area contributed by atoms with Crippen molar-refractivity contribution in [1.82, 2.24) is 0 Å². The second-order valence-corrected chi connectivity index (χ2v) is 30.2. The van der Waals surface area contributed by atoms with Gasteiger partial charge in [-0.3, -0.25) is 4.79 Å². The molecule has 2 saturated heterocycles. The van der Waals surface area contributed by atoms with Crippen LogP contribution in [0.1, 0.15) is 60.8 Å². The van der Waals surface area contributed by atoms with Crippen molar-refractivity contribution >= 4 is 30.7 Å². The molecule has 7 nitrogen and oxygen atoms in total. The van der Waals surface area contributed by atoms with Gasteiger partial charge in [-0.2, -0.15) is 0 Å². The second kappa shape index (κ2) is 12.5. The molecule has 228 valence electrons. The number of aliphatic hydroxyl groups excluding tert-OH is 1. The molecule has 0 radical (unpaired) electrons. The Balaban J connectivity index is 2.61. The molecule has 1 N–H and O–H groups in total. The maximum atomic E-state index is 12.1. The van der Waals surface area contributed by atoms with Crippen molar-refractivity contribution in [3.05, 3.63) is 11.8 Å². The van der Waals surface area contributed by atoms with Crippen LogP contribution in [0.25, 0.3) is 0 Å². The minimum Gasteiger partial charge on any atom is -0.469 e. The molecule has 0 saturated carbocycles. The molecular formula is C29H58O7Si3. The van der Waals surface area contributed by atoms with E-state index in [0.29, 0.717) is 6.42 Å². The fraction of sp³-hybridized carbons (Fsp3) is 0.897. The third-order valence-electron chi connectivity index (χ3n) is 9.02. The van der Waals surface area contributed by atoms with E-state index in [1.54, 1.807) is 0 Å². The molecule has 0 bridgehead atoms. The van der Waals surface area contributed by atoms with Crippen molar-refractivity contribution in [1.29, 1.82) is 0 Å². The second-order valence-electron chi connectivity index (χ2n) is 15.6. The number of hydrogen-bond acceptors (Lipinski definition) is 7. The van der Waals surface area contributed by atoms with E-state index in [4.69, 9.17) is 23.1 Å². The first-order valence-electron chi connectivity index (χ1n) is 14.6. The lowest BCUT2D eigenvalue weighted by atomic mass is 9.87. The summed E-state index contributed by atoms with van der Waals surface area (Å²) >= 11 is 0. The van der Waals surface area contributed by atoms with E-state index in [9.17, 15) is 9.90 Å². The first-order valence-corrected chi connectivity index (χ1v) is 24.0. The Morgan fingerprint density at radius 2 is 1.41 bits per heavy atom. The van der Waals surface area contributed by atoms with Gasteiger partial charge in [-0.25, -0.2) is 0 Å². The van der Waals surface area contributed by atoms with Gasteiger partial charge in [-0.15, -0.1) is 0 Å². The Labute approximate surface area is 241 Å². The van der Waals surface area contributed by atoms with Gasteiger partial charge in [0.1, 0.15) is 30.5 Å². The molecule has 0 aliphatic carbocycles. The third kappa shape index (κ3) is 9.07. The number of carbonyl (C=O) groups excluding carboxylic acids is 1. The molecule has 2 aliphatic heterocycles. The van der Waals surface area contributed by atoms with Crippen LogP contribution < -0.4 is 0 Å². The van der Waals surface area contributed by atoms with Crippen LogP contribution in [0.5, 0.6) is 0 Å². The fourth-order valence-corrected chi connectivity index (χ4v) is 7.85. The topological polar surface area (TPSA) is 83.5 Å². The summed E-state index contributed by atoms with van der Waals surface area (Å²) in [6, 6.07) is 0. The molecule has 39 heavy (non-hydrogen) atoms. The zero-order chi connectivity index (χ0) is 30.2. The number of aliphatic hydroxyl groups is 1. The summed E-state index contributed by atoms with van der Waals surface area (Å²) in [5.74, 6) is -0.282. The SMILES string of the molecule is COC(=O)C[C@H]1CC[C@@H]2O[C@@H]([C@@H](O)/C=C/[Si](C)(C)C)[C@@H](O[Si](C)(C)C(C)(C)C)[C@@H](O[Si](C)(C)C(C)(C)C)[C@H]2O1. The summed E-state index contributed by atoms with van der Waals surface area (Å²) in [6.07, 6.45) is 0.233. The minimum absolute atomic E-state index is 0.0335. The standard InChI is InChI=1S/C29H58O7Si3/c1-28(2,3)38(11,12)35-26-24(21(30)17-18-37(8,9)10)34-22-16-15-20(19-23(31)32-7)33-25(22)27(26)36-39(13,14)29(4,5)6/h17-18,20-22,24-27,30H,15-16,19H2,1-14H3/b18-17+/t20-,21+,22+,24+,25+,26-,27+/m1/s1. The lowest BCUT2D eigenvalue weighted by Gasteiger charge is -2.55. The van der Waals surface area contributed by atoms with E-state index in [0.717, 1.165) is 6.42 Å². The maximum Gasteiger partial charge on any atom is 0.308 e. The lowest BCUT2D eigenvalue weighted by Crippen LogP contribution is -2.68. The van der Waals surface area contributed by atoms with Gasteiger partial charge >= 0.3 is 5.97 Å². The van der Waals surface area contributed by atoms with Gasteiger partial charge in [-0.1, -0.05) is 73.0 Å². The van der Waals surface area contributed by atoms with Crippen LogP contribution in [0.15, 0.2) is 11.8 Å². The van der Waals surface area contributed by atoms with Gasteiger partial charge < -0.3 is 28.2 Å². The Morgan fingerprint density at radius 3 is 1.87 bits per heavy atom. The monoisotopic (exact) mass is 602 g/mol. The van der Waals surface area contributed by atoms with E-state index in [1.807, 2.05) is 6.08 Å². The number of rotatable bonds is 9. The Hall–Kier alpha value is -0.339. The van der Waals surface area contributed by atoms with Gasteiger partial charge in [0.05, 0.1) is 33.8 Å². The molecule has 2 rings (SSSR count). The normalized spacial score (nSPS) is 30.2. The number of fused-ring (bicyclic) bond motifs is 1. The molecule has 7 atom stereocenters. The Morgan fingerprint density at radius 1 is 0.897 bits per heavy atom. The molecule has 0 amide bonds. The van der Waals surface area contributed by atoms with Crippen LogP contribution >= 0.6 is 0 Å². The summed E-state index contributed by atoms with van der Waals surface area (Å²) in [5, 5.41) is 11.5. The summed E-state index contributed by atoms with van der Waals surface area (Å²) in [7, 11) is -4.74. The lowest BCUT2D eigenvalue weighted by molar-refractivity contribution is -0.268. The number of ether oxygens (including phenoxy) is 3. The van der Waals surface area contributed by atoms with Gasteiger partial charge in [0, 0.05) is 0 Å². The molecule has 2 aliphatic rings. The summed E-state index contributed by atoms with van der Waals surface area (Å²) in [5.41, 5.74) is 2.17. The average Bonchev–Trinajstić information content (AvgIpc) is 2.76. The number of carbonyl (C=O) groups is 1. The quantitative estimate of drug-likeness (QED) is 0.240. The molecule has 0 aromatic carbocycles. The molecule has 2 fully saturated rings. The minimum atomic E-state index is -2.31. The zero-order valence-electron chi connectivity index (χ0n) is 27.2. The molecule has 10 heteroatoms. The van der Waals surface area contributed by atoms with Crippen LogP contribution in [0.2, 0.25) is 55.9 Å². The highest BCUT2D eigenvalue weighted by molar-refractivity contribution is 6.81. The maximum absolute atomic E-state index is 12.1. The summed E-state index contributed by atoms with van der Waals surface area (Å²) in [6.45, 7) is 29.0. The smallest absolute Gasteiger partial charge is 0.308 e. The van der Waals surface area contributed by atoms with Crippen molar-refractivity contribution in [3.8, 4) is 0 Å². The van der Waals surface area contributed by atoms with E-state index < -0.39 is 55.2 Å². The van der Waals surface area contributed by atoms with Crippen molar-refractivity contribution in [2.24, 2.45) is 0 Å². The molecule has 0 aromatic heterocycles. The van der Waals surface area contributed by atoms with E-state index in [2.05, 4.69) is 93.1 Å². The summed E-state index contributed by atoms with van der Waals surface area (Å²) in [4.78, 5) is 12.1. The van der Waals surface area contributed by atoms with E-state index in [1.165, 1.54) is 7.11 Å².